The summed E-state index contributed by atoms with van der Waals surface area (Å²) >= 11 is 6.89. The third-order valence-corrected chi connectivity index (χ3v) is 7.42. The molecule has 1 fully saturated rings. The van der Waals surface area contributed by atoms with E-state index < -0.39 is 10.0 Å². The summed E-state index contributed by atoms with van der Waals surface area (Å²) in [4.78, 5) is 0. The molecule has 0 spiro atoms. The molecule has 1 saturated heterocycles. The van der Waals surface area contributed by atoms with Crippen LogP contribution >= 0.6 is 22.9 Å². The van der Waals surface area contributed by atoms with Gasteiger partial charge in [0, 0.05) is 6.54 Å². The minimum absolute atomic E-state index is 0.0791. The normalized spacial score (nSPS) is 18.5. The van der Waals surface area contributed by atoms with E-state index in [-0.39, 0.29) is 10.3 Å². The molecule has 2 aromatic heterocycles. The van der Waals surface area contributed by atoms with Crippen molar-refractivity contribution in [3.63, 3.8) is 0 Å². The van der Waals surface area contributed by atoms with Gasteiger partial charge in [-0.15, -0.1) is 11.3 Å². The van der Waals surface area contributed by atoms with Crippen molar-refractivity contribution in [3.8, 4) is 5.75 Å². The van der Waals surface area contributed by atoms with Gasteiger partial charge < -0.3 is 10.1 Å². The Morgan fingerprint density at radius 1 is 1.32 bits per heavy atom. The average molecular weight is 398 g/mol. The van der Waals surface area contributed by atoms with E-state index in [4.69, 9.17) is 16.3 Å². The summed E-state index contributed by atoms with van der Waals surface area (Å²) in [5.41, 5.74) is 0.491. The second kappa shape index (κ2) is 6.60. The van der Waals surface area contributed by atoms with Crippen molar-refractivity contribution in [2.24, 2.45) is 0 Å². The Bertz CT molecular complexity index is 1010. The number of hydrogen-bond acceptors (Lipinski definition) is 6. The van der Waals surface area contributed by atoms with Crippen molar-refractivity contribution < 1.29 is 13.2 Å². The molecule has 9 heteroatoms. The number of benzene rings is 1. The summed E-state index contributed by atoms with van der Waals surface area (Å²) < 4.78 is 33.3. The molecule has 25 heavy (non-hydrogen) atoms. The number of nitrogens with one attached hydrogen (secondary N) is 1. The first kappa shape index (κ1) is 16.8. The summed E-state index contributed by atoms with van der Waals surface area (Å²) in [6, 6.07) is 8.40. The second-order valence-electron chi connectivity index (χ2n) is 5.83. The molecular formula is C16H16ClN3O3S2. The number of hydrogen-bond donors (Lipinski definition) is 1. The fourth-order valence-corrected chi connectivity index (χ4v) is 5.73. The molecule has 6 nitrogen and oxygen atoms in total. The van der Waals surface area contributed by atoms with E-state index in [9.17, 15) is 8.42 Å². The van der Waals surface area contributed by atoms with Gasteiger partial charge in [0.2, 0.25) is 0 Å². The number of thiophene rings is 1. The standard InChI is InChI=1S/C16H16ClN3O3S2/c17-15-6-7-16(24-15)25(21,22)20-13-4-1-5-14(12(13)10-19-20)23-11-3-2-8-18-9-11/h1,4-7,10-11,18H,2-3,8-9H2. The van der Waals surface area contributed by atoms with Crippen molar-refractivity contribution in [1.82, 2.24) is 14.5 Å². The highest BCUT2D eigenvalue weighted by atomic mass is 35.5. The van der Waals surface area contributed by atoms with E-state index in [0.717, 1.165) is 41.4 Å². The van der Waals surface area contributed by atoms with E-state index >= 15 is 0 Å². The van der Waals surface area contributed by atoms with Crippen LogP contribution in [0.25, 0.3) is 10.9 Å². The maximum atomic E-state index is 12.8. The largest absolute Gasteiger partial charge is 0.488 e. The molecule has 4 rings (SSSR count). The zero-order valence-corrected chi connectivity index (χ0v) is 15.6. The smallest absolute Gasteiger partial charge is 0.293 e. The van der Waals surface area contributed by atoms with Gasteiger partial charge in [-0.3, -0.25) is 0 Å². The molecule has 0 saturated carbocycles. The molecule has 0 radical (unpaired) electrons. The zero-order chi connectivity index (χ0) is 17.4. The molecule has 1 aliphatic heterocycles. The van der Waals surface area contributed by atoms with Crippen molar-refractivity contribution in [2.75, 3.05) is 13.1 Å². The molecule has 3 heterocycles. The van der Waals surface area contributed by atoms with Gasteiger partial charge in [-0.1, -0.05) is 17.7 Å². The summed E-state index contributed by atoms with van der Waals surface area (Å²) in [6.45, 7) is 1.79. The minimum atomic E-state index is -3.78. The second-order valence-corrected chi connectivity index (χ2v) is 9.54. The van der Waals surface area contributed by atoms with Gasteiger partial charge in [-0.25, -0.2) is 0 Å². The lowest BCUT2D eigenvalue weighted by Crippen LogP contribution is -2.37. The van der Waals surface area contributed by atoms with Gasteiger partial charge in [-0.05, 0) is 43.7 Å². The molecule has 1 aromatic carbocycles. The van der Waals surface area contributed by atoms with Crippen molar-refractivity contribution >= 4 is 43.9 Å². The quantitative estimate of drug-likeness (QED) is 0.732. The lowest BCUT2D eigenvalue weighted by Gasteiger charge is -2.24. The van der Waals surface area contributed by atoms with Gasteiger partial charge in [0.05, 0.1) is 21.4 Å². The van der Waals surface area contributed by atoms with Gasteiger partial charge in [-0.2, -0.15) is 17.6 Å². The first-order chi connectivity index (χ1) is 12.1. The number of aromatic nitrogens is 2. The minimum Gasteiger partial charge on any atom is -0.488 e. The van der Waals surface area contributed by atoms with Crippen LogP contribution in [0.5, 0.6) is 5.75 Å². The monoisotopic (exact) mass is 397 g/mol. The van der Waals surface area contributed by atoms with Gasteiger partial charge in [0.25, 0.3) is 10.0 Å². The number of rotatable bonds is 4. The number of piperidine rings is 1. The predicted molar refractivity (Wildman–Crippen MR) is 98.2 cm³/mol. The molecule has 1 unspecified atom stereocenters. The SMILES string of the molecule is O=S(=O)(c1ccc(Cl)s1)n1ncc2c(OC3CCCNC3)cccc21. The molecular weight excluding hydrogens is 382 g/mol. The molecule has 0 amide bonds. The molecule has 1 N–H and O–H groups in total. The first-order valence-corrected chi connectivity index (χ1v) is 10.5. The lowest BCUT2D eigenvalue weighted by molar-refractivity contribution is 0.169. The first-order valence-electron chi connectivity index (χ1n) is 7.91. The zero-order valence-electron chi connectivity index (χ0n) is 13.2. The maximum Gasteiger partial charge on any atom is 0.293 e. The van der Waals surface area contributed by atoms with E-state index in [2.05, 4.69) is 10.4 Å². The Morgan fingerprint density at radius 2 is 2.20 bits per heavy atom. The number of halogens is 1. The number of fused-ring (bicyclic) bond motifs is 1. The fourth-order valence-electron chi connectivity index (χ4n) is 2.92. The van der Waals surface area contributed by atoms with E-state index in [0.29, 0.717) is 21.0 Å². The van der Waals surface area contributed by atoms with Crippen LogP contribution in [0.1, 0.15) is 12.8 Å². The Morgan fingerprint density at radius 3 is 2.92 bits per heavy atom. The molecule has 1 aliphatic rings. The van der Waals surface area contributed by atoms with E-state index in [1.54, 1.807) is 18.2 Å². The van der Waals surface area contributed by atoms with E-state index in [1.165, 1.54) is 12.3 Å². The Hall–Kier alpha value is -1.61. The van der Waals surface area contributed by atoms with Crippen LogP contribution in [0.2, 0.25) is 4.34 Å². The van der Waals surface area contributed by atoms with Crippen LogP contribution < -0.4 is 10.1 Å². The van der Waals surface area contributed by atoms with Gasteiger partial charge in [0.1, 0.15) is 16.1 Å². The maximum absolute atomic E-state index is 12.8. The van der Waals surface area contributed by atoms with Crippen molar-refractivity contribution in [1.29, 1.82) is 0 Å². The van der Waals surface area contributed by atoms with Crippen molar-refractivity contribution in [3.05, 3.63) is 40.9 Å². The highest BCUT2D eigenvalue weighted by Crippen LogP contribution is 2.32. The molecule has 0 bridgehead atoms. The van der Waals surface area contributed by atoms with Crippen LogP contribution in [-0.2, 0) is 10.0 Å². The fraction of sp³-hybridized carbons (Fsp3) is 0.312. The predicted octanol–water partition coefficient (Wildman–Crippen LogP) is 3.12. The Labute approximate surface area is 154 Å². The summed E-state index contributed by atoms with van der Waals surface area (Å²) in [5.74, 6) is 0.650. The van der Waals surface area contributed by atoms with Gasteiger partial charge >= 0.3 is 0 Å². The highest BCUT2D eigenvalue weighted by Gasteiger charge is 2.24. The molecule has 3 aromatic rings. The molecule has 1 atom stereocenters. The topological polar surface area (TPSA) is 73.2 Å². The molecule has 0 aliphatic carbocycles. The van der Waals surface area contributed by atoms with Crippen LogP contribution in [0.3, 0.4) is 0 Å². The Kier molecular flexibility index (Phi) is 4.45. The van der Waals surface area contributed by atoms with Crippen LogP contribution in [0.15, 0.2) is 40.7 Å². The molecule has 132 valence electrons. The van der Waals surface area contributed by atoms with Crippen molar-refractivity contribution in [2.45, 2.75) is 23.2 Å². The highest BCUT2D eigenvalue weighted by molar-refractivity contribution is 7.92. The Balaban J connectivity index is 1.73. The summed E-state index contributed by atoms with van der Waals surface area (Å²) in [5, 5.41) is 8.09. The van der Waals surface area contributed by atoms with E-state index in [1.807, 2.05) is 6.07 Å². The third-order valence-electron chi connectivity index (χ3n) is 4.12. The van der Waals surface area contributed by atoms with Crippen LogP contribution in [0.4, 0.5) is 0 Å². The van der Waals surface area contributed by atoms with Crippen LogP contribution in [0, 0.1) is 0 Å². The lowest BCUT2D eigenvalue weighted by atomic mass is 10.1. The number of ether oxygens (including phenoxy) is 1. The number of nitrogens with zero attached hydrogens (tertiary/aromatic N) is 2. The summed E-state index contributed by atoms with van der Waals surface area (Å²) in [7, 11) is -3.78. The summed E-state index contributed by atoms with van der Waals surface area (Å²) in [6.07, 6.45) is 3.65. The van der Waals surface area contributed by atoms with Gasteiger partial charge in [0.15, 0.2) is 0 Å². The van der Waals surface area contributed by atoms with Crippen LogP contribution in [-0.4, -0.2) is 36.8 Å². The third kappa shape index (κ3) is 3.15. The average Bonchev–Trinajstić information content (AvgIpc) is 3.23.